The lowest BCUT2D eigenvalue weighted by atomic mass is 10.3. The molecule has 0 bridgehead atoms. The highest BCUT2D eigenvalue weighted by Gasteiger charge is 2.15. The predicted molar refractivity (Wildman–Crippen MR) is 51.8 cm³/mol. The van der Waals surface area contributed by atoms with E-state index in [1.165, 1.54) is 24.3 Å². The Kier molecular flexibility index (Phi) is 3.35. The number of allylic oxidation sites excluding steroid dienone is 1. The molecule has 0 aliphatic carbocycles. The van der Waals surface area contributed by atoms with Crippen LogP contribution in [0, 0.1) is 21.4 Å². The second-order valence-electron chi connectivity index (χ2n) is 2.60. The van der Waals surface area contributed by atoms with Crippen LogP contribution in [0.25, 0.3) is 6.08 Å². The highest BCUT2D eigenvalue weighted by molar-refractivity contribution is 5.50. The third-order valence-electron chi connectivity index (χ3n) is 1.55. The van der Waals surface area contributed by atoms with Gasteiger partial charge in [0, 0.05) is 0 Å². The fraction of sp³-hybridized carbons (Fsp3) is 0.111. The summed E-state index contributed by atoms with van der Waals surface area (Å²) in [6.07, 6.45) is 3.22. The summed E-state index contributed by atoms with van der Waals surface area (Å²) in [5.74, 6) is -1.06. The lowest BCUT2D eigenvalue weighted by Crippen LogP contribution is -1.93. The van der Waals surface area contributed by atoms with Crippen LogP contribution in [0.1, 0.15) is 12.1 Å². The van der Waals surface area contributed by atoms with Gasteiger partial charge in [-0.1, -0.05) is 6.08 Å². The lowest BCUT2D eigenvalue weighted by Gasteiger charge is -1.95. The van der Waals surface area contributed by atoms with Gasteiger partial charge in [0.05, 0.1) is 12.5 Å². The largest absolute Gasteiger partial charge is 0.501 e. The van der Waals surface area contributed by atoms with E-state index in [1.807, 2.05) is 6.07 Å². The molecule has 0 fully saturated rings. The molecule has 0 amide bonds. The van der Waals surface area contributed by atoms with E-state index in [4.69, 9.17) is 10.4 Å². The van der Waals surface area contributed by atoms with Crippen LogP contribution in [0.5, 0.6) is 5.75 Å². The van der Waals surface area contributed by atoms with Crippen molar-refractivity contribution in [2.75, 3.05) is 0 Å². The molecule has 0 aromatic carbocycles. The van der Waals surface area contributed by atoms with Gasteiger partial charge in [-0.2, -0.15) is 5.26 Å². The van der Waals surface area contributed by atoms with Crippen molar-refractivity contribution in [2.24, 2.45) is 0 Å². The fourth-order valence-electron chi connectivity index (χ4n) is 0.915. The predicted octanol–water partition coefficient (Wildman–Crippen LogP) is 1.62. The van der Waals surface area contributed by atoms with E-state index in [2.05, 4.69) is 4.98 Å². The third-order valence-corrected chi connectivity index (χ3v) is 1.55. The van der Waals surface area contributed by atoms with Crippen LogP contribution in [0.15, 0.2) is 18.2 Å². The van der Waals surface area contributed by atoms with E-state index < -0.39 is 16.5 Å². The quantitative estimate of drug-likeness (QED) is 0.596. The van der Waals surface area contributed by atoms with Gasteiger partial charge in [0.15, 0.2) is 5.69 Å². The van der Waals surface area contributed by atoms with E-state index >= 15 is 0 Å². The molecular formula is C9H7N3O3. The second kappa shape index (κ2) is 4.72. The van der Waals surface area contributed by atoms with E-state index in [0.717, 1.165) is 0 Å². The first-order chi connectivity index (χ1) is 7.15. The van der Waals surface area contributed by atoms with Gasteiger partial charge in [-0.25, -0.2) is 0 Å². The maximum Gasteiger partial charge on any atom is 0.406 e. The van der Waals surface area contributed by atoms with Crippen LogP contribution in [0.4, 0.5) is 5.82 Å². The zero-order valence-electron chi connectivity index (χ0n) is 7.62. The van der Waals surface area contributed by atoms with Crippen molar-refractivity contribution in [1.29, 1.82) is 5.26 Å². The SMILES string of the molecule is N#CCC=Cc1ccc(O)c([N+](=O)[O-])n1. The molecule has 1 heterocycles. The lowest BCUT2D eigenvalue weighted by molar-refractivity contribution is -0.390. The van der Waals surface area contributed by atoms with E-state index in [-0.39, 0.29) is 6.42 Å². The molecule has 0 saturated heterocycles. The number of aromatic nitrogens is 1. The fourth-order valence-corrected chi connectivity index (χ4v) is 0.915. The normalized spacial score (nSPS) is 10.1. The summed E-state index contributed by atoms with van der Waals surface area (Å²) < 4.78 is 0. The minimum absolute atomic E-state index is 0.205. The molecule has 6 heteroatoms. The highest BCUT2D eigenvalue weighted by atomic mass is 16.6. The average molecular weight is 205 g/mol. The number of nitro groups is 1. The van der Waals surface area contributed by atoms with Gasteiger partial charge in [0.25, 0.3) is 0 Å². The Hall–Kier alpha value is -2.42. The van der Waals surface area contributed by atoms with Gasteiger partial charge >= 0.3 is 5.82 Å². The van der Waals surface area contributed by atoms with Crippen LogP contribution in [-0.2, 0) is 0 Å². The van der Waals surface area contributed by atoms with Gasteiger partial charge in [0.1, 0.15) is 0 Å². The topological polar surface area (TPSA) is 100 Å². The first-order valence-corrected chi connectivity index (χ1v) is 4.03. The summed E-state index contributed by atoms with van der Waals surface area (Å²) in [7, 11) is 0. The van der Waals surface area contributed by atoms with Crippen molar-refractivity contribution in [2.45, 2.75) is 6.42 Å². The Morgan fingerprint density at radius 2 is 2.40 bits per heavy atom. The van der Waals surface area contributed by atoms with E-state index in [9.17, 15) is 10.1 Å². The summed E-state index contributed by atoms with van der Waals surface area (Å²) in [6.45, 7) is 0. The summed E-state index contributed by atoms with van der Waals surface area (Å²) in [5, 5.41) is 27.8. The number of nitriles is 1. The number of hydrogen-bond donors (Lipinski definition) is 1. The molecule has 0 aliphatic heterocycles. The van der Waals surface area contributed by atoms with Crippen LogP contribution in [0.2, 0.25) is 0 Å². The van der Waals surface area contributed by atoms with E-state index in [0.29, 0.717) is 5.69 Å². The number of rotatable bonds is 3. The number of nitrogens with zero attached hydrogens (tertiary/aromatic N) is 3. The van der Waals surface area contributed by atoms with Gasteiger partial charge in [-0.3, -0.25) is 0 Å². The Balaban J connectivity index is 2.98. The van der Waals surface area contributed by atoms with Crippen molar-refractivity contribution in [1.82, 2.24) is 4.98 Å². The monoisotopic (exact) mass is 205 g/mol. The summed E-state index contributed by atoms with van der Waals surface area (Å²) >= 11 is 0. The molecule has 0 atom stereocenters. The first kappa shape index (κ1) is 10.7. The molecular weight excluding hydrogens is 198 g/mol. The second-order valence-corrected chi connectivity index (χ2v) is 2.60. The summed E-state index contributed by atoms with van der Waals surface area (Å²) in [5.41, 5.74) is 0.328. The van der Waals surface area contributed by atoms with Gasteiger partial charge in [-0.15, -0.1) is 0 Å². The Bertz CT molecular complexity index is 448. The van der Waals surface area contributed by atoms with Crippen molar-refractivity contribution >= 4 is 11.9 Å². The molecule has 0 saturated carbocycles. The molecule has 0 radical (unpaired) electrons. The average Bonchev–Trinajstić information content (AvgIpc) is 2.20. The summed E-state index contributed by atoms with van der Waals surface area (Å²) in [4.78, 5) is 13.2. The zero-order valence-corrected chi connectivity index (χ0v) is 7.62. The van der Waals surface area contributed by atoms with Crippen LogP contribution in [-0.4, -0.2) is 15.0 Å². The Labute approximate surface area is 85.3 Å². The maximum atomic E-state index is 10.4. The molecule has 1 rings (SSSR count). The maximum absolute atomic E-state index is 10.4. The summed E-state index contributed by atoms with van der Waals surface area (Å²) in [6, 6.07) is 4.51. The van der Waals surface area contributed by atoms with Crippen molar-refractivity contribution < 1.29 is 10.0 Å². The molecule has 1 N–H and O–H groups in total. The smallest absolute Gasteiger partial charge is 0.406 e. The molecule has 6 nitrogen and oxygen atoms in total. The highest BCUT2D eigenvalue weighted by Crippen LogP contribution is 2.22. The van der Waals surface area contributed by atoms with Gasteiger partial charge < -0.3 is 15.2 Å². The van der Waals surface area contributed by atoms with E-state index in [1.54, 1.807) is 0 Å². The molecule has 15 heavy (non-hydrogen) atoms. The minimum atomic E-state index is -0.767. The number of pyridine rings is 1. The number of hydrogen-bond acceptors (Lipinski definition) is 5. The van der Waals surface area contributed by atoms with Crippen molar-refractivity contribution in [3.8, 4) is 11.8 Å². The van der Waals surface area contributed by atoms with Crippen LogP contribution in [0.3, 0.4) is 0 Å². The molecule has 0 spiro atoms. The van der Waals surface area contributed by atoms with Crippen molar-refractivity contribution in [3.63, 3.8) is 0 Å². The Morgan fingerprint density at radius 3 is 3.00 bits per heavy atom. The minimum Gasteiger partial charge on any atom is -0.501 e. The molecule has 0 unspecified atom stereocenters. The van der Waals surface area contributed by atoms with Crippen LogP contribution < -0.4 is 0 Å². The van der Waals surface area contributed by atoms with Crippen LogP contribution >= 0.6 is 0 Å². The standard InChI is InChI=1S/C9H7N3O3/c10-6-2-1-3-7-4-5-8(13)9(11-7)12(14)15/h1,3-5,13H,2H2. The van der Waals surface area contributed by atoms with Gasteiger partial charge in [-0.05, 0) is 28.1 Å². The van der Waals surface area contributed by atoms with Crippen molar-refractivity contribution in [3.05, 3.63) is 34.0 Å². The molecule has 1 aromatic heterocycles. The third kappa shape index (κ3) is 2.77. The molecule has 0 aliphatic rings. The Morgan fingerprint density at radius 1 is 1.67 bits per heavy atom. The zero-order chi connectivity index (χ0) is 11.3. The van der Waals surface area contributed by atoms with Gasteiger partial charge in [0.2, 0.25) is 5.75 Å². The molecule has 1 aromatic rings. The number of aromatic hydroxyl groups is 1. The molecule has 76 valence electrons. The first-order valence-electron chi connectivity index (χ1n) is 4.03.